The van der Waals surface area contributed by atoms with Gasteiger partial charge in [-0.1, -0.05) is 18.2 Å². The van der Waals surface area contributed by atoms with Crippen LogP contribution in [0.15, 0.2) is 30.3 Å². The zero-order valence-electron chi connectivity index (χ0n) is 27.0. The number of ether oxygens (including phenoxy) is 6. The smallest absolute Gasteiger partial charge is 0.338 e. The predicted octanol–water partition coefficient (Wildman–Crippen LogP) is -0.627. The van der Waals surface area contributed by atoms with Crippen LogP contribution < -0.4 is 0 Å². The molecular formula is C33H45NO12. The number of aliphatic hydroxyl groups is 4. The van der Waals surface area contributed by atoms with Gasteiger partial charge in [0.2, 0.25) is 0 Å². The number of methoxy groups -OCH3 is 4. The van der Waals surface area contributed by atoms with E-state index in [2.05, 4.69) is 0 Å². The van der Waals surface area contributed by atoms with E-state index in [4.69, 9.17) is 28.4 Å². The number of nitrogens with zero attached hydrogens (tertiary/aromatic N) is 1. The van der Waals surface area contributed by atoms with Crippen LogP contribution in [0.5, 0.6) is 0 Å². The summed E-state index contributed by atoms with van der Waals surface area (Å²) < 4.78 is 36.7. The number of carbonyl (C=O) groups is 2. The summed E-state index contributed by atoms with van der Waals surface area (Å²) in [5.41, 5.74) is -8.16. The van der Waals surface area contributed by atoms with Crippen molar-refractivity contribution in [3.05, 3.63) is 35.9 Å². The van der Waals surface area contributed by atoms with Crippen molar-refractivity contribution >= 4 is 11.9 Å². The lowest BCUT2D eigenvalue weighted by Gasteiger charge is -2.72. The first-order valence-electron chi connectivity index (χ1n) is 15.9. The molecule has 6 aliphatic rings. The van der Waals surface area contributed by atoms with Crippen molar-refractivity contribution in [1.82, 2.24) is 4.90 Å². The van der Waals surface area contributed by atoms with Crippen LogP contribution in [0.25, 0.3) is 0 Å². The summed E-state index contributed by atoms with van der Waals surface area (Å²) in [6.07, 6.45) is -7.39. The minimum atomic E-state index is -2.12. The number of rotatable bonds is 8. The van der Waals surface area contributed by atoms with E-state index < -0.39 is 106 Å². The quantitative estimate of drug-likeness (QED) is 0.263. The number of likely N-dealkylation sites (tertiary alicyclic amines) is 1. The summed E-state index contributed by atoms with van der Waals surface area (Å²) in [5.74, 6) is -4.35. The van der Waals surface area contributed by atoms with Gasteiger partial charge in [0.15, 0.2) is 5.60 Å². The van der Waals surface area contributed by atoms with Gasteiger partial charge in [-0.2, -0.15) is 0 Å². The van der Waals surface area contributed by atoms with Crippen molar-refractivity contribution < 1.29 is 58.4 Å². The Morgan fingerprint density at radius 1 is 0.978 bits per heavy atom. The van der Waals surface area contributed by atoms with Gasteiger partial charge >= 0.3 is 11.9 Å². The standard InChI is InChI=1S/C33H45NO12/c1-16(35)46-33-20-21(43-5)22-29(15-41-3)14-34(2)24(20)32(22,19(42-4)12-18(29)36)31(40)13-30(39,27(44-6)25(33)37)26(23(31)33)45-28(38)17-10-8-7-9-11-17/h7-11,18-27,36-37,39-40H,12-15H2,1-6H3/t18-,19?,20?,21?,22-,23+,24?,25+,26-,27+,29+,30+,31-,32?,33+/m1/s1. The summed E-state index contributed by atoms with van der Waals surface area (Å²) in [4.78, 5) is 28.9. The Kier molecular flexibility index (Phi) is 7.31. The summed E-state index contributed by atoms with van der Waals surface area (Å²) in [6.45, 7) is 1.68. The van der Waals surface area contributed by atoms with Crippen molar-refractivity contribution in [3.63, 3.8) is 0 Å². The Hall–Kier alpha value is -2.20. The third-order valence-electron chi connectivity index (χ3n) is 12.9. The van der Waals surface area contributed by atoms with Crippen LogP contribution in [0.3, 0.4) is 0 Å². The summed E-state index contributed by atoms with van der Waals surface area (Å²) in [5, 5.41) is 50.8. The number of hydrogen-bond donors (Lipinski definition) is 4. The third kappa shape index (κ3) is 3.41. The fourth-order valence-electron chi connectivity index (χ4n) is 12.2. The molecule has 0 amide bonds. The Morgan fingerprint density at radius 3 is 2.26 bits per heavy atom. The molecule has 13 nitrogen and oxygen atoms in total. The molecule has 5 unspecified atom stereocenters. The molecule has 254 valence electrons. The Bertz CT molecular complexity index is 1400. The van der Waals surface area contributed by atoms with Crippen molar-refractivity contribution in [1.29, 1.82) is 0 Å². The Balaban J connectivity index is 1.56. The summed E-state index contributed by atoms with van der Waals surface area (Å²) >= 11 is 0. The molecule has 15 atom stereocenters. The molecule has 4 N–H and O–H groups in total. The van der Waals surface area contributed by atoms with Crippen LogP contribution in [0.4, 0.5) is 0 Å². The Morgan fingerprint density at radius 2 is 1.67 bits per heavy atom. The van der Waals surface area contributed by atoms with Crippen LogP contribution in [-0.4, -0.2) is 145 Å². The number of piperidine rings is 1. The van der Waals surface area contributed by atoms with Gasteiger partial charge in [-0.25, -0.2) is 4.79 Å². The predicted molar refractivity (Wildman–Crippen MR) is 157 cm³/mol. The highest BCUT2D eigenvalue weighted by atomic mass is 16.6. The lowest BCUT2D eigenvalue weighted by molar-refractivity contribution is -0.353. The number of fused-ring (bicyclic) bond motifs is 2. The molecule has 6 fully saturated rings. The molecule has 13 heteroatoms. The molecular weight excluding hydrogens is 602 g/mol. The number of esters is 2. The van der Waals surface area contributed by atoms with E-state index in [0.29, 0.717) is 6.54 Å². The highest BCUT2D eigenvalue weighted by Crippen LogP contribution is 2.81. The first-order valence-corrected chi connectivity index (χ1v) is 15.9. The highest BCUT2D eigenvalue weighted by molar-refractivity contribution is 5.89. The molecule has 1 aliphatic heterocycles. The summed E-state index contributed by atoms with van der Waals surface area (Å²) in [7, 11) is 7.77. The van der Waals surface area contributed by atoms with Gasteiger partial charge in [-0.15, -0.1) is 0 Å². The lowest BCUT2D eigenvalue weighted by atomic mass is 9.40. The van der Waals surface area contributed by atoms with E-state index in [0.717, 1.165) is 0 Å². The maximum Gasteiger partial charge on any atom is 0.338 e. The third-order valence-corrected chi connectivity index (χ3v) is 12.9. The van der Waals surface area contributed by atoms with Crippen LogP contribution in [0, 0.1) is 28.6 Å². The second-order valence-electron chi connectivity index (χ2n) is 14.4. The molecule has 1 saturated heterocycles. The molecule has 1 spiro atoms. The van der Waals surface area contributed by atoms with Gasteiger partial charge in [-0.3, -0.25) is 4.79 Å². The van der Waals surface area contributed by atoms with Crippen LogP contribution in [0.1, 0.15) is 30.1 Å². The van der Waals surface area contributed by atoms with E-state index in [1.807, 2.05) is 11.9 Å². The minimum absolute atomic E-state index is 0.113. The molecule has 0 radical (unpaired) electrons. The van der Waals surface area contributed by atoms with Gasteiger partial charge in [0.1, 0.15) is 23.9 Å². The SMILES string of the molecule is COC[C@]12CN(C)C3C4C(OC)[C@H]1C3(C(OC)C[C@H]2O)[C@@]1(O)C[C@]2(O)[C@H](OC(=O)c3ccccc3)[C@@H]1[C@]4(OC(C)=O)[C@@H](O)[C@@H]2OC. The number of carbonyl (C=O) groups excluding carboxylic acids is 2. The van der Waals surface area contributed by atoms with Gasteiger partial charge in [-0.05, 0) is 19.2 Å². The Labute approximate surface area is 267 Å². The largest absolute Gasteiger partial charge is 0.455 e. The van der Waals surface area contributed by atoms with Crippen molar-refractivity contribution in [2.75, 3.05) is 48.6 Å². The monoisotopic (exact) mass is 647 g/mol. The average molecular weight is 648 g/mol. The van der Waals surface area contributed by atoms with Gasteiger partial charge in [0.05, 0.1) is 42.0 Å². The van der Waals surface area contributed by atoms with Gasteiger partial charge < -0.3 is 53.7 Å². The molecule has 1 aromatic rings. The van der Waals surface area contributed by atoms with Crippen molar-refractivity contribution in [3.8, 4) is 0 Å². The maximum atomic E-state index is 13.7. The number of benzene rings is 1. The van der Waals surface area contributed by atoms with Crippen molar-refractivity contribution in [2.45, 2.75) is 79.2 Å². The second-order valence-corrected chi connectivity index (χ2v) is 14.4. The molecule has 46 heavy (non-hydrogen) atoms. The number of aliphatic hydroxyl groups excluding tert-OH is 2. The van der Waals surface area contributed by atoms with Crippen LogP contribution in [-0.2, 0) is 33.2 Å². The molecule has 7 bridgehead atoms. The molecule has 5 aliphatic carbocycles. The zero-order chi connectivity index (χ0) is 33.2. The molecule has 5 saturated carbocycles. The fourth-order valence-corrected chi connectivity index (χ4v) is 12.2. The molecule has 0 aromatic heterocycles. The second kappa shape index (κ2) is 10.4. The van der Waals surface area contributed by atoms with Crippen LogP contribution in [0.2, 0.25) is 0 Å². The van der Waals surface area contributed by atoms with E-state index in [1.54, 1.807) is 37.4 Å². The van der Waals surface area contributed by atoms with E-state index in [-0.39, 0.29) is 18.6 Å². The average Bonchev–Trinajstić information content (AvgIpc) is 3.38. The lowest BCUT2D eigenvalue weighted by Crippen LogP contribution is -2.85. The number of hydrogen-bond acceptors (Lipinski definition) is 13. The summed E-state index contributed by atoms with van der Waals surface area (Å²) in [6, 6.07) is 7.61. The first-order chi connectivity index (χ1) is 21.8. The van der Waals surface area contributed by atoms with E-state index in [1.165, 1.54) is 28.3 Å². The molecule has 7 rings (SSSR count). The molecule has 1 heterocycles. The molecule has 1 aromatic carbocycles. The first kappa shape index (κ1) is 32.4. The highest BCUT2D eigenvalue weighted by Gasteiger charge is 2.96. The van der Waals surface area contributed by atoms with E-state index in [9.17, 15) is 30.0 Å². The fraction of sp³-hybridized carbons (Fsp3) is 0.758. The van der Waals surface area contributed by atoms with Gasteiger partial charge in [0.25, 0.3) is 0 Å². The topological polar surface area (TPSA) is 174 Å². The van der Waals surface area contributed by atoms with Crippen molar-refractivity contribution in [2.24, 2.45) is 28.6 Å². The van der Waals surface area contributed by atoms with Gasteiger partial charge in [0, 0.05) is 83.5 Å². The van der Waals surface area contributed by atoms with E-state index >= 15 is 0 Å². The normalized spacial score (nSPS) is 51.5. The zero-order valence-corrected chi connectivity index (χ0v) is 27.0. The maximum absolute atomic E-state index is 13.7. The minimum Gasteiger partial charge on any atom is -0.455 e. The van der Waals surface area contributed by atoms with Crippen LogP contribution >= 0.6 is 0 Å².